The molecule has 1 aliphatic heterocycles. The van der Waals surface area contributed by atoms with E-state index in [-0.39, 0.29) is 0 Å². The fraction of sp³-hybridized carbons (Fsp3) is 0.231. The molecule has 1 heterocycles. The molecule has 4 nitrogen and oxygen atoms in total. The van der Waals surface area contributed by atoms with E-state index in [1.54, 1.807) is 0 Å². The van der Waals surface area contributed by atoms with Crippen LogP contribution in [-0.4, -0.2) is 12.6 Å². The van der Waals surface area contributed by atoms with Crippen LogP contribution in [-0.2, 0) is 0 Å². The summed E-state index contributed by atoms with van der Waals surface area (Å²) in [5, 5.41) is 7.59. The van der Waals surface area contributed by atoms with Crippen molar-refractivity contribution < 1.29 is 0 Å². The van der Waals surface area contributed by atoms with Gasteiger partial charge in [0.1, 0.15) is 0 Å². The van der Waals surface area contributed by atoms with E-state index in [0.717, 1.165) is 18.5 Å². The van der Waals surface area contributed by atoms with Gasteiger partial charge in [-0.15, -0.1) is 0 Å². The number of para-hydroxylation sites is 1. The van der Waals surface area contributed by atoms with Gasteiger partial charge in [-0.1, -0.05) is 110 Å². The standard InChI is InChI=1S/C39H40N4/c1-25-21-36(26(2)20-30(25)24-41-40)28-11-7-10-27(22-28)32-14-3-5-18-37(32)42-31-13-8-12-29(23-31)33-16-9-17-35-34-15-4-6-19-38(34)43-39(33)35/h4-13,15-23,26,34,36,38,41-43H,3,14,24,40H2,1-2H3. The van der Waals surface area contributed by atoms with Gasteiger partial charge in [0.05, 0.1) is 6.04 Å². The van der Waals surface area contributed by atoms with E-state index in [9.17, 15) is 0 Å². The maximum Gasteiger partial charge on any atom is 0.0552 e. The molecule has 4 aliphatic rings. The lowest BCUT2D eigenvalue weighted by atomic mass is 9.78. The van der Waals surface area contributed by atoms with Gasteiger partial charge in [0.15, 0.2) is 0 Å². The fourth-order valence-corrected chi connectivity index (χ4v) is 7.18. The summed E-state index contributed by atoms with van der Waals surface area (Å²) in [6.45, 7) is 5.20. The first-order valence-corrected chi connectivity index (χ1v) is 15.5. The zero-order chi connectivity index (χ0) is 29.3. The average Bonchev–Trinajstić information content (AvgIpc) is 3.42. The van der Waals surface area contributed by atoms with Gasteiger partial charge in [-0.2, -0.15) is 0 Å². The van der Waals surface area contributed by atoms with Gasteiger partial charge < -0.3 is 10.6 Å². The van der Waals surface area contributed by atoms with E-state index in [2.05, 4.69) is 145 Å². The molecule has 4 heteroatoms. The summed E-state index contributed by atoms with van der Waals surface area (Å²) in [5.74, 6) is 6.78. The molecule has 0 fully saturated rings. The lowest BCUT2D eigenvalue weighted by Gasteiger charge is -2.27. The molecule has 0 bridgehead atoms. The Morgan fingerprint density at radius 3 is 2.65 bits per heavy atom. The summed E-state index contributed by atoms with van der Waals surface area (Å²) >= 11 is 0. The number of hydrazine groups is 1. The number of nitrogens with one attached hydrogen (secondary N) is 3. The quantitative estimate of drug-likeness (QED) is 0.171. The van der Waals surface area contributed by atoms with Crippen molar-refractivity contribution in [2.75, 3.05) is 17.2 Å². The van der Waals surface area contributed by atoms with Gasteiger partial charge in [-0.05, 0) is 77.3 Å². The van der Waals surface area contributed by atoms with Crippen molar-refractivity contribution in [3.63, 3.8) is 0 Å². The number of allylic oxidation sites excluding steroid dienone is 7. The Hall–Kier alpha value is -4.38. The van der Waals surface area contributed by atoms with E-state index < -0.39 is 0 Å². The highest BCUT2D eigenvalue weighted by molar-refractivity contribution is 5.85. The number of rotatable bonds is 7. The average molecular weight is 565 g/mol. The minimum absolute atomic E-state index is 0.329. The summed E-state index contributed by atoms with van der Waals surface area (Å²) in [6.07, 6.45) is 20.3. The Kier molecular flexibility index (Phi) is 7.48. The molecule has 0 saturated heterocycles. The van der Waals surface area contributed by atoms with E-state index in [0.29, 0.717) is 30.3 Å². The number of anilines is 2. The van der Waals surface area contributed by atoms with Crippen molar-refractivity contribution in [2.24, 2.45) is 11.8 Å². The topological polar surface area (TPSA) is 62.1 Å². The molecule has 3 aromatic rings. The van der Waals surface area contributed by atoms with Crippen molar-refractivity contribution in [3.8, 4) is 11.1 Å². The van der Waals surface area contributed by atoms with Gasteiger partial charge in [0.25, 0.3) is 0 Å². The third-order valence-corrected chi connectivity index (χ3v) is 9.40. The number of benzene rings is 3. The maximum atomic E-state index is 5.62. The van der Waals surface area contributed by atoms with Gasteiger partial charge in [0.2, 0.25) is 0 Å². The van der Waals surface area contributed by atoms with Gasteiger partial charge in [-0.25, -0.2) is 0 Å². The van der Waals surface area contributed by atoms with Crippen LogP contribution in [0.1, 0.15) is 55.2 Å². The first-order valence-electron chi connectivity index (χ1n) is 15.5. The van der Waals surface area contributed by atoms with Crippen LogP contribution in [0.25, 0.3) is 16.7 Å². The summed E-state index contributed by atoms with van der Waals surface area (Å²) in [7, 11) is 0. The molecule has 0 aromatic heterocycles. The lowest BCUT2D eigenvalue weighted by Crippen LogP contribution is -2.26. The van der Waals surface area contributed by atoms with Crippen LogP contribution in [0.5, 0.6) is 0 Å². The first-order chi connectivity index (χ1) is 21.1. The zero-order valence-electron chi connectivity index (χ0n) is 25.0. The zero-order valence-corrected chi connectivity index (χ0v) is 25.0. The molecule has 0 amide bonds. The van der Waals surface area contributed by atoms with Crippen LogP contribution in [0.3, 0.4) is 0 Å². The summed E-state index contributed by atoms with van der Waals surface area (Å²) in [4.78, 5) is 0. The Balaban J connectivity index is 1.18. The second-order valence-electron chi connectivity index (χ2n) is 12.2. The molecule has 4 unspecified atom stereocenters. The number of fused-ring (bicyclic) bond motifs is 3. The maximum absolute atomic E-state index is 5.62. The van der Waals surface area contributed by atoms with Crippen LogP contribution in [0.15, 0.2) is 132 Å². The molecule has 0 saturated carbocycles. The highest BCUT2D eigenvalue weighted by Gasteiger charge is 2.31. The van der Waals surface area contributed by atoms with Gasteiger partial charge >= 0.3 is 0 Å². The molecular formula is C39H40N4. The minimum atomic E-state index is 0.329. The normalized spacial score (nSPS) is 23.8. The number of nitrogens with two attached hydrogens (primary N) is 1. The molecule has 3 aromatic carbocycles. The molecular weight excluding hydrogens is 524 g/mol. The smallest absolute Gasteiger partial charge is 0.0552 e. The van der Waals surface area contributed by atoms with E-state index >= 15 is 0 Å². The van der Waals surface area contributed by atoms with E-state index in [4.69, 9.17) is 5.84 Å². The van der Waals surface area contributed by atoms with Crippen molar-refractivity contribution in [3.05, 3.63) is 149 Å². The third-order valence-electron chi connectivity index (χ3n) is 9.40. The Labute approximate surface area is 255 Å². The highest BCUT2D eigenvalue weighted by Crippen LogP contribution is 2.45. The van der Waals surface area contributed by atoms with Crippen LogP contribution in [0, 0.1) is 5.92 Å². The van der Waals surface area contributed by atoms with Crippen LogP contribution in [0.2, 0.25) is 0 Å². The second kappa shape index (κ2) is 11.7. The molecule has 216 valence electrons. The fourth-order valence-electron chi connectivity index (χ4n) is 7.18. The van der Waals surface area contributed by atoms with Gasteiger partial charge in [0, 0.05) is 41.0 Å². The van der Waals surface area contributed by atoms with Crippen molar-refractivity contribution in [2.45, 2.75) is 44.6 Å². The van der Waals surface area contributed by atoms with Crippen LogP contribution in [0.4, 0.5) is 11.4 Å². The molecule has 43 heavy (non-hydrogen) atoms. The second-order valence-corrected chi connectivity index (χ2v) is 12.2. The van der Waals surface area contributed by atoms with Crippen molar-refractivity contribution in [1.82, 2.24) is 5.43 Å². The van der Waals surface area contributed by atoms with Crippen LogP contribution >= 0.6 is 0 Å². The Bertz CT molecular complexity index is 1730. The summed E-state index contributed by atoms with van der Waals surface area (Å²) in [6, 6.07) is 25.0. The molecule has 5 N–H and O–H groups in total. The molecule has 0 spiro atoms. The highest BCUT2D eigenvalue weighted by atomic mass is 15.2. The van der Waals surface area contributed by atoms with Crippen LogP contribution < -0.4 is 21.9 Å². The largest absolute Gasteiger partial charge is 0.377 e. The summed E-state index contributed by atoms with van der Waals surface area (Å²) < 4.78 is 0. The van der Waals surface area contributed by atoms with Gasteiger partial charge in [-0.3, -0.25) is 11.3 Å². The molecule has 3 aliphatic carbocycles. The lowest BCUT2D eigenvalue weighted by molar-refractivity contribution is 0.617. The predicted molar refractivity (Wildman–Crippen MR) is 182 cm³/mol. The first kappa shape index (κ1) is 27.5. The Morgan fingerprint density at radius 1 is 0.907 bits per heavy atom. The van der Waals surface area contributed by atoms with Crippen molar-refractivity contribution in [1.29, 1.82) is 0 Å². The number of hydrogen-bond acceptors (Lipinski definition) is 4. The third kappa shape index (κ3) is 5.33. The minimum Gasteiger partial charge on any atom is -0.377 e. The number of hydrogen-bond donors (Lipinski definition) is 4. The molecule has 4 atom stereocenters. The summed E-state index contributed by atoms with van der Waals surface area (Å²) in [5.41, 5.74) is 16.8. The monoisotopic (exact) mass is 564 g/mol. The SMILES string of the molecule is CC1=CC(c2cccc(C3=C(Nc4cccc(-c5cccc6c5NC5C=CC=CC65)c4)C=CCC3)c2)C(C)C=C1CNN. The molecule has 0 radical (unpaired) electrons. The molecule has 7 rings (SSSR count). The Morgan fingerprint density at radius 2 is 1.74 bits per heavy atom. The van der Waals surface area contributed by atoms with Crippen molar-refractivity contribution >= 4 is 16.9 Å². The van der Waals surface area contributed by atoms with E-state index in [1.807, 2.05) is 0 Å². The van der Waals surface area contributed by atoms with E-state index in [1.165, 1.54) is 55.9 Å². The predicted octanol–water partition coefficient (Wildman–Crippen LogP) is 8.60.